The highest BCUT2D eigenvalue weighted by Gasteiger charge is 2.35. The first-order valence-electron chi connectivity index (χ1n) is 8.09. The van der Waals surface area contributed by atoms with Crippen LogP contribution in [0.15, 0.2) is 0 Å². The molecule has 2 saturated heterocycles. The highest BCUT2D eigenvalue weighted by molar-refractivity contribution is 7.86. The van der Waals surface area contributed by atoms with Crippen LogP contribution in [0.1, 0.15) is 32.6 Å². The summed E-state index contributed by atoms with van der Waals surface area (Å²) in [5.41, 5.74) is 0. The van der Waals surface area contributed by atoms with Gasteiger partial charge in [-0.15, -0.1) is 0 Å². The van der Waals surface area contributed by atoms with Crippen LogP contribution in [0.3, 0.4) is 0 Å². The van der Waals surface area contributed by atoms with Gasteiger partial charge in [-0.25, -0.2) is 0 Å². The number of nitrogens with zero attached hydrogens (tertiary/aromatic N) is 2. The third-order valence-corrected chi connectivity index (χ3v) is 6.56. The Bertz CT molecular complexity index is 368. The van der Waals surface area contributed by atoms with Gasteiger partial charge >= 0.3 is 0 Å². The summed E-state index contributed by atoms with van der Waals surface area (Å²) in [6.07, 6.45) is 3.75. The fourth-order valence-electron chi connectivity index (χ4n) is 3.26. The van der Waals surface area contributed by atoms with Crippen LogP contribution in [0.5, 0.6) is 0 Å². The molecule has 2 aliphatic heterocycles. The summed E-state index contributed by atoms with van der Waals surface area (Å²) in [5, 5.41) is 3.18. The third-order valence-electron chi connectivity index (χ3n) is 4.52. The topological polar surface area (TPSA) is 61.9 Å². The van der Waals surface area contributed by atoms with Crippen LogP contribution in [-0.2, 0) is 14.9 Å². The van der Waals surface area contributed by atoms with E-state index in [0.717, 1.165) is 32.2 Å². The van der Waals surface area contributed by atoms with Gasteiger partial charge in [0.2, 0.25) is 0 Å². The van der Waals surface area contributed by atoms with Crippen molar-refractivity contribution in [1.82, 2.24) is 13.9 Å². The summed E-state index contributed by atoms with van der Waals surface area (Å²) in [5.74, 6) is 0.602. The fraction of sp³-hybridized carbons (Fsp3) is 1.00. The van der Waals surface area contributed by atoms with Crippen molar-refractivity contribution in [3.63, 3.8) is 0 Å². The molecule has 7 heteroatoms. The fourth-order valence-corrected chi connectivity index (χ4v) is 4.93. The van der Waals surface area contributed by atoms with Gasteiger partial charge < -0.3 is 10.1 Å². The number of piperidine rings is 2. The molecule has 0 radical (unpaired) electrons. The molecule has 0 aromatic carbocycles. The lowest BCUT2D eigenvalue weighted by atomic mass is 9.98. The van der Waals surface area contributed by atoms with Gasteiger partial charge in [-0.3, -0.25) is 0 Å². The zero-order valence-corrected chi connectivity index (χ0v) is 14.1. The monoisotopic (exact) mass is 319 g/mol. The Hall–Kier alpha value is -0.210. The summed E-state index contributed by atoms with van der Waals surface area (Å²) in [6.45, 7) is 6.15. The van der Waals surface area contributed by atoms with Gasteiger partial charge in [-0.2, -0.15) is 17.0 Å². The molecule has 0 amide bonds. The number of hydrogen-bond donors (Lipinski definition) is 1. The molecule has 0 aromatic rings. The van der Waals surface area contributed by atoms with Crippen LogP contribution in [-0.4, -0.2) is 69.5 Å². The van der Waals surface area contributed by atoms with E-state index in [2.05, 4.69) is 5.32 Å². The van der Waals surface area contributed by atoms with E-state index in [1.54, 1.807) is 8.61 Å². The number of nitrogens with one attached hydrogen (secondary N) is 1. The van der Waals surface area contributed by atoms with E-state index < -0.39 is 10.2 Å². The molecule has 21 heavy (non-hydrogen) atoms. The second kappa shape index (κ2) is 7.87. The molecule has 2 rings (SSSR count). The van der Waals surface area contributed by atoms with E-state index in [9.17, 15) is 8.42 Å². The predicted octanol–water partition coefficient (Wildman–Crippen LogP) is 0.664. The Morgan fingerprint density at radius 2 is 1.57 bits per heavy atom. The van der Waals surface area contributed by atoms with Gasteiger partial charge in [-0.05, 0) is 52.1 Å². The maximum Gasteiger partial charge on any atom is 0.281 e. The van der Waals surface area contributed by atoms with Gasteiger partial charge in [0.1, 0.15) is 0 Å². The molecular formula is C14H29N3O3S. The second-order valence-corrected chi connectivity index (χ2v) is 7.89. The molecule has 0 aliphatic carbocycles. The van der Waals surface area contributed by atoms with Crippen LogP contribution in [0.25, 0.3) is 0 Å². The van der Waals surface area contributed by atoms with E-state index in [-0.39, 0.29) is 6.10 Å². The molecule has 124 valence electrons. The van der Waals surface area contributed by atoms with Gasteiger partial charge in [0.05, 0.1) is 6.10 Å². The second-order valence-electron chi connectivity index (χ2n) is 5.96. The first-order chi connectivity index (χ1) is 10.1. The molecule has 2 aliphatic rings. The van der Waals surface area contributed by atoms with Gasteiger partial charge in [-0.1, -0.05) is 0 Å². The lowest BCUT2D eigenvalue weighted by Gasteiger charge is -2.37. The van der Waals surface area contributed by atoms with Crippen molar-refractivity contribution in [3.8, 4) is 0 Å². The molecule has 0 aromatic heterocycles. The van der Waals surface area contributed by atoms with Crippen LogP contribution in [0.2, 0.25) is 0 Å². The number of hydrogen-bond acceptors (Lipinski definition) is 4. The molecular weight excluding hydrogens is 290 g/mol. The van der Waals surface area contributed by atoms with Crippen molar-refractivity contribution in [2.24, 2.45) is 5.92 Å². The smallest absolute Gasteiger partial charge is 0.281 e. The summed E-state index contributed by atoms with van der Waals surface area (Å²) < 4.78 is 34.2. The number of ether oxygens (including phenoxy) is 1. The summed E-state index contributed by atoms with van der Waals surface area (Å²) >= 11 is 0. The van der Waals surface area contributed by atoms with Crippen molar-refractivity contribution in [2.75, 3.05) is 46.4 Å². The largest absolute Gasteiger partial charge is 0.378 e. The Morgan fingerprint density at radius 3 is 2.05 bits per heavy atom. The van der Waals surface area contributed by atoms with Crippen LogP contribution in [0, 0.1) is 5.92 Å². The zero-order valence-electron chi connectivity index (χ0n) is 13.3. The summed E-state index contributed by atoms with van der Waals surface area (Å²) in [6, 6.07) is 0. The third kappa shape index (κ3) is 4.39. The van der Waals surface area contributed by atoms with E-state index in [1.165, 1.54) is 0 Å². The average Bonchev–Trinajstić information content (AvgIpc) is 2.49. The minimum absolute atomic E-state index is 0.225. The van der Waals surface area contributed by atoms with E-state index in [4.69, 9.17) is 4.74 Å². The molecule has 0 atom stereocenters. The zero-order chi connectivity index (χ0) is 15.3. The molecule has 0 spiro atoms. The molecule has 6 nitrogen and oxygen atoms in total. The van der Waals surface area contributed by atoms with Crippen molar-refractivity contribution >= 4 is 10.2 Å². The lowest BCUT2D eigenvalue weighted by Crippen LogP contribution is -2.50. The summed E-state index contributed by atoms with van der Waals surface area (Å²) in [7, 11) is -1.32. The Balaban J connectivity index is 1.85. The minimum Gasteiger partial charge on any atom is -0.378 e. The molecule has 1 N–H and O–H groups in total. The first-order valence-corrected chi connectivity index (χ1v) is 9.49. The molecule has 0 saturated carbocycles. The van der Waals surface area contributed by atoms with E-state index >= 15 is 0 Å². The molecule has 0 unspecified atom stereocenters. The SMILES string of the molecule is CCOC1CCN(S(=O)(=O)N2CCC(CNC)CC2)CC1. The van der Waals surface area contributed by atoms with Gasteiger partial charge in [0, 0.05) is 32.8 Å². The van der Waals surface area contributed by atoms with Crippen LogP contribution >= 0.6 is 0 Å². The highest BCUT2D eigenvalue weighted by atomic mass is 32.2. The Kier molecular flexibility index (Phi) is 6.43. The van der Waals surface area contributed by atoms with E-state index in [1.807, 2.05) is 14.0 Å². The number of rotatable bonds is 6. The van der Waals surface area contributed by atoms with E-state index in [0.29, 0.717) is 38.7 Å². The highest BCUT2D eigenvalue weighted by Crippen LogP contribution is 2.23. The maximum atomic E-state index is 12.7. The van der Waals surface area contributed by atoms with Crippen molar-refractivity contribution < 1.29 is 13.2 Å². The quantitative estimate of drug-likeness (QED) is 0.781. The lowest BCUT2D eigenvalue weighted by molar-refractivity contribution is 0.0279. The van der Waals surface area contributed by atoms with Crippen molar-refractivity contribution in [2.45, 2.75) is 38.7 Å². The molecule has 2 fully saturated rings. The van der Waals surface area contributed by atoms with Gasteiger partial charge in [0.25, 0.3) is 10.2 Å². The average molecular weight is 319 g/mol. The summed E-state index contributed by atoms with van der Waals surface area (Å²) in [4.78, 5) is 0. The minimum atomic E-state index is -3.27. The Labute approximate surface area is 129 Å². The normalized spacial score (nSPS) is 24.5. The molecule has 2 heterocycles. The van der Waals surface area contributed by atoms with Crippen LogP contribution in [0.4, 0.5) is 0 Å². The Morgan fingerprint density at radius 1 is 1.05 bits per heavy atom. The maximum absolute atomic E-state index is 12.7. The van der Waals surface area contributed by atoms with Crippen molar-refractivity contribution in [1.29, 1.82) is 0 Å². The first kappa shape index (κ1) is 17.1. The molecule has 0 bridgehead atoms. The standard InChI is InChI=1S/C14H29N3O3S/c1-3-20-14-6-10-17(11-7-14)21(18,19)16-8-4-13(5-9-16)12-15-2/h13-15H,3-12H2,1-2H3. The van der Waals surface area contributed by atoms with Gasteiger partial charge in [0.15, 0.2) is 0 Å². The predicted molar refractivity (Wildman–Crippen MR) is 83.4 cm³/mol. The van der Waals surface area contributed by atoms with Crippen LogP contribution < -0.4 is 5.32 Å². The van der Waals surface area contributed by atoms with Crippen molar-refractivity contribution in [3.05, 3.63) is 0 Å².